The maximum absolute atomic E-state index is 12.7. The molecule has 3 rings (SSSR count). The van der Waals surface area contributed by atoms with E-state index >= 15 is 0 Å². The summed E-state index contributed by atoms with van der Waals surface area (Å²) in [6.07, 6.45) is -0.198. The largest absolute Gasteiger partial charge is 0.480 e. The van der Waals surface area contributed by atoms with E-state index in [1.165, 1.54) is 12.1 Å². The Balaban J connectivity index is 1.69. The lowest BCUT2D eigenvalue weighted by molar-refractivity contribution is -0.122. The third-order valence-electron chi connectivity index (χ3n) is 5.13. The molecule has 33 heavy (non-hydrogen) atoms. The minimum absolute atomic E-state index is 0.0656. The standard InChI is InChI=1S/C25H27ClN2O4S/c1-5-23(32-24-14-16(2)6-7-18(24)4)25(29)27-19-10-12-21(13-11-19)33(30,31)28-20-9-8-17(3)22(26)15-20/h6-15,23,28H,5H2,1-4H3,(H,27,29)/t23-/m0/s1. The summed E-state index contributed by atoms with van der Waals surface area (Å²) in [4.78, 5) is 12.8. The van der Waals surface area contributed by atoms with Gasteiger partial charge in [0.15, 0.2) is 6.10 Å². The van der Waals surface area contributed by atoms with E-state index in [9.17, 15) is 13.2 Å². The molecule has 0 radical (unpaired) electrons. The zero-order chi connectivity index (χ0) is 24.2. The summed E-state index contributed by atoms with van der Waals surface area (Å²) in [6.45, 7) is 7.60. The van der Waals surface area contributed by atoms with Crippen molar-refractivity contribution in [2.24, 2.45) is 0 Å². The highest BCUT2D eigenvalue weighted by atomic mass is 35.5. The SMILES string of the molecule is CC[C@H](Oc1cc(C)ccc1C)C(=O)Nc1ccc(S(=O)(=O)Nc2ccc(C)c(Cl)c2)cc1. The molecule has 0 aromatic heterocycles. The number of amides is 1. The van der Waals surface area contributed by atoms with E-state index in [2.05, 4.69) is 10.0 Å². The van der Waals surface area contributed by atoms with Gasteiger partial charge < -0.3 is 10.1 Å². The number of anilines is 2. The Morgan fingerprint density at radius 1 is 0.939 bits per heavy atom. The van der Waals surface area contributed by atoms with Gasteiger partial charge in [0.2, 0.25) is 0 Å². The Bertz CT molecular complexity index is 1260. The molecule has 2 N–H and O–H groups in total. The van der Waals surface area contributed by atoms with Crippen LogP contribution in [-0.2, 0) is 14.8 Å². The predicted octanol–water partition coefficient (Wildman–Crippen LogP) is 5.86. The normalized spacial score (nSPS) is 12.2. The second kappa shape index (κ2) is 10.3. The van der Waals surface area contributed by atoms with E-state index in [4.69, 9.17) is 16.3 Å². The number of carbonyl (C=O) groups is 1. The van der Waals surface area contributed by atoms with Crippen LogP contribution < -0.4 is 14.8 Å². The van der Waals surface area contributed by atoms with Crippen LogP contribution in [0.3, 0.4) is 0 Å². The first-order valence-electron chi connectivity index (χ1n) is 10.5. The summed E-state index contributed by atoms with van der Waals surface area (Å²) in [7, 11) is -3.80. The minimum Gasteiger partial charge on any atom is -0.480 e. The zero-order valence-electron chi connectivity index (χ0n) is 19.0. The van der Waals surface area contributed by atoms with E-state index in [-0.39, 0.29) is 10.8 Å². The molecular weight excluding hydrogens is 460 g/mol. The molecule has 0 aliphatic rings. The molecule has 0 spiro atoms. The van der Waals surface area contributed by atoms with Crippen molar-refractivity contribution in [1.82, 2.24) is 0 Å². The van der Waals surface area contributed by atoms with E-state index in [1.54, 1.807) is 30.3 Å². The fourth-order valence-electron chi connectivity index (χ4n) is 3.12. The molecule has 8 heteroatoms. The molecule has 3 aromatic rings. The maximum Gasteiger partial charge on any atom is 0.265 e. The Morgan fingerprint density at radius 3 is 2.21 bits per heavy atom. The molecule has 1 atom stereocenters. The number of hydrogen-bond donors (Lipinski definition) is 2. The van der Waals surface area contributed by atoms with Gasteiger partial charge in [-0.2, -0.15) is 0 Å². The molecule has 6 nitrogen and oxygen atoms in total. The second-order valence-electron chi connectivity index (χ2n) is 7.87. The second-order valence-corrected chi connectivity index (χ2v) is 9.96. The molecule has 174 valence electrons. The van der Waals surface area contributed by atoms with Gasteiger partial charge in [-0.3, -0.25) is 9.52 Å². The number of rotatable bonds is 8. The quantitative estimate of drug-likeness (QED) is 0.417. The van der Waals surface area contributed by atoms with Crippen LogP contribution in [0, 0.1) is 20.8 Å². The van der Waals surface area contributed by atoms with Crippen LogP contribution in [-0.4, -0.2) is 20.4 Å². The summed E-state index contributed by atoms with van der Waals surface area (Å²) in [5, 5.41) is 3.27. The lowest BCUT2D eigenvalue weighted by Crippen LogP contribution is -2.32. The van der Waals surface area contributed by atoms with Gasteiger partial charge in [-0.25, -0.2) is 8.42 Å². The highest BCUT2D eigenvalue weighted by Gasteiger charge is 2.20. The molecule has 3 aromatic carbocycles. The van der Waals surface area contributed by atoms with Crippen LogP contribution in [0.1, 0.15) is 30.0 Å². The summed E-state index contributed by atoms with van der Waals surface area (Å²) in [5.41, 5.74) is 3.69. The van der Waals surface area contributed by atoms with Crippen LogP contribution >= 0.6 is 11.6 Å². The first-order valence-corrected chi connectivity index (χ1v) is 12.4. The molecule has 0 heterocycles. The van der Waals surface area contributed by atoms with Gasteiger partial charge in [-0.1, -0.05) is 36.7 Å². The Labute approximate surface area is 200 Å². The van der Waals surface area contributed by atoms with Gasteiger partial charge in [0, 0.05) is 10.7 Å². The van der Waals surface area contributed by atoms with Gasteiger partial charge in [-0.15, -0.1) is 0 Å². The number of halogens is 1. The van der Waals surface area contributed by atoms with Crippen molar-refractivity contribution in [1.29, 1.82) is 0 Å². The fraction of sp³-hybridized carbons (Fsp3) is 0.240. The molecule has 0 saturated heterocycles. The van der Waals surface area contributed by atoms with Crippen molar-refractivity contribution < 1.29 is 17.9 Å². The summed E-state index contributed by atoms with van der Waals surface area (Å²) in [5.74, 6) is 0.363. The maximum atomic E-state index is 12.7. The van der Waals surface area contributed by atoms with Crippen molar-refractivity contribution in [3.8, 4) is 5.75 Å². The predicted molar refractivity (Wildman–Crippen MR) is 133 cm³/mol. The topological polar surface area (TPSA) is 84.5 Å². The van der Waals surface area contributed by atoms with Gasteiger partial charge >= 0.3 is 0 Å². The first-order chi connectivity index (χ1) is 15.6. The average molecular weight is 487 g/mol. The number of sulfonamides is 1. The van der Waals surface area contributed by atoms with Gasteiger partial charge in [0.25, 0.3) is 15.9 Å². The number of nitrogens with one attached hydrogen (secondary N) is 2. The van der Waals surface area contributed by atoms with Crippen LogP contribution in [0.4, 0.5) is 11.4 Å². The van der Waals surface area contributed by atoms with Gasteiger partial charge in [0.05, 0.1) is 10.6 Å². The summed E-state index contributed by atoms with van der Waals surface area (Å²) in [6, 6.07) is 16.7. The minimum atomic E-state index is -3.80. The first kappa shape index (κ1) is 24.6. The molecule has 0 bridgehead atoms. The van der Waals surface area contributed by atoms with Gasteiger partial charge in [0.1, 0.15) is 5.75 Å². The fourth-order valence-corrected chi connectivity index (χ4v) is 4.35. The lowest BCUT2D eigenvalue weighted by atomic mass is 10.1. The molecule has 0 fully saturated rings. The summed E-state index contributed by atoms with van der Waals surface area (Å²) >= 11 is 6.08. The van der Waals surface area contributed by atoms with E-state index in [1.807, 2.05) is 45.9 Å². The monoisotopic (exact) mass is 486 g/mol. The van der Waals surface area contributed by atoms with Crippen LogP contribution in [0.2, 0.25) is 5.02 Å². The van der Waals surface area contributed by atoms with Gasteiger partial charge in [-0.05, 0) is 86.3 Å². The van der Waals surface area contributed by atoms with Crippen LogP contribution in [0.25, 0.3) is 0 Å². The molecule has 0 aliphatic carbocycles. The van der Waals surface area contributed by atoms with Crippen molar-refractivity contribution in [2.75, 3.05) is 10.0 Å². The number of carbonyl (C=O) groups excluding carboxylic acids is 1. The van der Waals surface area contributed by atoms with E-state index < -0.39 is 16.1 Å². The smallest absolute Gasteiger partial charge is 0.265 e. The van der Waals surface area contributed by atoms with Crippen LogP contribution in [0.5, 0.6) is 5.75 Å². The van der Waals surface area contributed by atoms with Crippen molar-refractivity contribution in [2.45, 2.75) is 45.1 Å². The van der Waals surface area contributed by atoms with E-state index in [0.29, 0.717) is 28.6 Å². The Hall–Kier alpha value is -3.03. The summed E-state index contributed by atoms with van der Waals surface area (Å²) < 4.78 is 33.8. The van der Waals surface area contributed by atoms with Crippen molar-refractivity contribution in [3.05, 3.63) is 82.4 Å². The number of benzene rings is 3. The molecule has 0 unspecified atom stereocenters. The van der Waals surface area contributed by atoms with E-state index in [0.717, 1.165) is 16.7 Å². The number of ether oxygens (including phenoxy) is 1. The average Bonchev–Trinajstić information content (AvgIpc) is 2.77. The Kier molecular flexibility index (Phi) is 7.66. The van der Waals surface area contributed by atoms with Crippen molar-refractivity contribution in [3.63, 3.8) is 0 Å². The Morgan fingerprint density at radius 2 is 1.58 bits per heavy atom. The zero-order valence-corrected chi connectivity index (χ0v) is 20.5. The molecule has 0 saturated carbocycles. The molecular formula is C25H27ClN2O4S. The third kappa shape index (κ3) is 6.27. The number of hydrogen-bond acceptors (Lipinski definition) is 4. The third-order valence-corrected chi connectivity index (χ3v) is 6.94. The molecule has 0 aliphatic heterocycles. The van der Waals surface area contributed by atoms with Crippen molar-refractivity contribution >= 4 is 38.9 Å². The highest BCUT2D eigenvalue weighted by molar-refractivity contribution is 7.92. The highest BCUT2D eigenvalue weighted by Crippen LogP contribution is 2.24. The molecule has 1 amide bonds. The lowest BCUT2D eigenvalue weighted by Gasteiger charge is -2.19. The number of aryl methyl sites for hydroxylation is 3. The van der Waals surface area contributed by atoms with Crippen LogP contribution in [0.15, 0.2) is 65.6 Å².